The Labute approximate surface area is 157 Å². The van der Waals surface area contributed by atoms with Gasteiger partial charge in [0.2, 0.25) is 0 Å². The summed E-state index contributed by atoms with van der Waals surface area (Å²) in [6.45, 7) is 6.57. The third-order valence-electron chi connectivity index (χ3n) is 5.00. The minimum absolute atomic E-state index is 0.00980. The van der Waals surface area contributed by atoms with Gasteiger partial charge in [-0.3, -0.25) is 0 Å². The minimum atomic E-state index is -0.332. The second-order valence-corrected chi connectivity index (χ2v) is 10.2. The predicted molar refractivity (Wildman–Crippen MR) is 107 cm³/mol. The molecule has 1 aromatic carbocycles. The van der Waals surface area contributed by atoms with E-state index in [1.165, 1.54) is 29.4 Å². The maximum Gasteiger partial charge on any atom is 0.356 e. The number of ether oxygens (including phenoxy) is 1. The van der Waals surface area contributed by atoms with Crippen LogP contribution in [0.1, 0.15) is 59.8 Å². The fourth-order valence-corrected chi connectivity index (χ4v) is 6.39. The summed E-state index contributed by atoms with van der Waals surface area (Å²) in [5, 5.41) is 1.18. The average Bonchev–Trinajstić information content (AvgIpc) is 3.35. The zero-order valence-electron chi connectivity index (χ0n) is 14.9. The minimum Gasteiger partial charge on any atom is -0.461 e. The molecule has 0 atom stereocenters. The molecule has 4 rings (SSSR count). The standard InChI is InChI=1S/C20H23NO2S2/c1-4-23-19(22)17-9-12(2)15-10-14(13-5-6-13)11-16(18(15)21-17)20(3)24-7-8-25-20/h9-11,13H,4-8H2,1-3H3. The van der Waals surface area contributed by atoms with Crippen molar-refractivity contribution in [3.8, 4) is 0 Å². The van der Waals surface area contributed by atoms with Crippen molar-refractivity contribution in [3.05, 3.63) is 40.6 Å². The first-order valence-corrected chi connectivity index (χ1v) is 10.9. The SMILES string of the molecule is CCOC(=O)c1cc(C)c2cc(C3CC3)cc(C3(C)SCCS3)c2n1. The van der Waals surface area contributed by atoms with E-state index in [2.05, 4.69) is 26.0 Å². The molecule has 1 saturated carbocycles. The highest BCUT2D eigenvalue weighted by atomic mass is 32.2. The summed E-state index contributed by atoms with van der Waals surface area (Å²) >= 11 is 3.98. The largest absolute Gasteiger partial charge is 0.461 e. The quantitative estimate of drug-likeness (QED) is 0.685. The van der Waals surface area contributed by atoms with E-state index in [1.54, 1.807) is 0 Å². The van der Waals surface area contributed by atoms with Gasteiger partial charge in [0.1, 0.15) is 5.69 Å². The molecule has 5 heteroatoms. The summed E-state index contributed by atoms with van der Waals surface area (Å²) in [6.07, 6.45) is 2.57. The van der Waals surface area contributed by atoms with Gasteiger partial charge < -0.3 is 4.74 Å². The third-order valence-corrected chi connectivity index (χ3v) is 8.33. The Morgan fingerprint density at radius 1 is 1.28 bits per heavy atom. The topological polar surface area (TPSA) is 39.2 Å². The predicted octanol–water partition coefficient (Wildman–Crippen LogP) is 5.25. The van der Waals surface area contributed by atoms with Crippen molar-refractivity contribution in [3.63, 3.8) is 0 Å². The normalized spacial score (nSPS) is 19.3. The highest BCUT2D eigenvalue weighted by Gasteiger charge is 2.36. The first-order chi connectivity index (χ1) is 12.0. The van der Waals surface area contributed by atoms with Crippen molar-refractivity contribution in [2.45, 2.75) is 43.6 Å². The lowest BCUT2D eigenvalue weighted by molar-refractivity contribution is 0.0520. The molecule has 0 unspecified atom stereocenters. The molecular formula is C20H23NO2S2. The van der Waals surface area contributed by atoms with Crippen LogP contribution in [-0.4, -0.2) is 29.1 Å². The van der Waals surface area contributed by atoms with Crippen molar-refractivity contribution < 1.29 is 9.53 Å². The molecule has 2 aliphatic rings. The van der Waals surface area contributed by atoms with Crippen LogP contribution in [0.25, 0.3) is 10.9 Å². The number of aryl methyl sites for hydroxylation is 1. The van der Waals surface area contributed by atoms with Crippen molar-refractivity contribution in [2.75, 3.05) is 18.1 Å². The molecular weight excluding hydrogens is 350 g/mol. The van der Waals surface area contributed by atoms with Crippen LogP contribution in [-0.2, 0) is 8.82 Å². The van der Waals surface area contributed by atoms with E-state index in [1.807, 2.05) is 36.5 Å². The zero-order chi connectivity index (χ0) is 17.6. The molecule has 1 aliphatic heterocycles. The van der Waals surface area contributed by atoms with Crippen LogP contribution in [0.5, 0.6) is 0 Å². The molecule has 3 nitrogen and oxygen atoms in total. The Morgan fingerprint density at radius 2 is 2.00 bits per heavy atom. The first kappa shape index (κ1) is 17.2. The lowest BCUT2D eigenvalue weighted by Gasteiger charge is -2.25. The Bertz CT molecular complexity index is 839. The lowest BCUT2D eigenvalue weighted by atomic mass is 9.97. The Kier molecular flexibility index (Phi) is 4.49. The lowest BCUT2D eigenvalue weighted by Crippen LogP contribution is -2.13. The molecule has 25 heavy (non-hydrogen) atoms. The molecule has 2 aromatic rings. The number of carbonyl (C=O) groups is 1. The number of fused-ring (bicyclic) bond motifs is 1. The van der Waals surface area contributed by atoms with Crippen molar-refractivity contribution in [1.29, 1.82) is 0 Å². The van der Waals surface area contributed by atoms with Gasteiger partial charge in [-0.15, -0.1) is 23.5 Å². The number of esters is 1. The average molecular weight is 374 g/mol. The summed E-state index contributed by atoms with van der Waals surface area (Å²) in [4.78, 5) is 17.0. The van der Waals surface area contributed by atoms with Gasteiger partial charge in [0.05, 0.1) is 16.2 Å². The van der Waals surface area contributed by atoms with Gasteiger partial charge in [-0.2, -0.15) is 0 Å². The number of hydrogen-bond donors (Lipinski definition) is 0. The molecule has 0 spiro atoms. The summed E-state index contributed by atoms with van der Waals surface area (Å²) in [5.74, 6) is 2.69. The summed E-state index contributed by atoms with van der Waals surface area (Å²) in [7, 11) is 0. The number of thioether (sulfide) groups is 2. The zero-order valence-corrected chi connectivity index (χ0v) is 16.6. The second kappa shape index (κ2) is 6.51. The van der Waals surface area contributed by atoms with Gasteiger partial charge in [-0.05, 0) is 62.8 Å². The van der Waals surface area contributed by atoms with Gasteiger partial charge in [0.15, 0.2) is 0 Å². The molecule has 132 valence electrons. The fraction of sp³-hybridized carbons (Fsp3) is 0.500. The highest BCUT2D eigenvalue weighted by molar-refractivity contribution is 8.20. The van der Waals surface area contributed by atoms with Crippen LogP contribution < -0.4 is 0 Å². The van der Waals surface area contributed by atoms with Gasteiger partial charge >= 0.3 is 5.97 Å². The van der Waals surface area contributed by atoms with Gasteiger partial charge in [-0.1, -0.05) is 6.07 Å². The van der Waals surface area contributed by atoms with Crippen molar-refractivity contribution in [1.82, 2.24) is 4.98 Å². The monoisotopic (exact) mass is 373 g/mol. The fourth-order valence-electron chi connectivity index (χ4n) is 3.49. The summed E-state index contributed by atoms with van der Waals surface area (Å²) in [5.41, 5.74) is 5.20. The molecule has 0 bridgehead atoms. The Hall–Kier alpha value is -1.20. The van der Waals surface area contributed by atoms with E-state index in [0.717, 1.165) is 22.6 Å². The molecule has 0 N–H and O–H groups in total. The first-order valence-electron chi connectivity index (χ1n) is 8.92. The van der Waals surface area contributed by atoms with E-state index >= 15 is 0 Å². The maximum atomic E-state index is 12.2. The number of carbonyl (C=O) groups excluding carboxylic acids is 1. The molecule has 2 fully saturated rings. The van der Waals surface area contributed by atoms with Gasteiger partial charge in [0, 0.05) is 22.5 Å². The number of nitrogens with zero attached hydrogens (tertiary/aromatic N) is 1. The highest BCUT2D eigenvalue weighted by Crippen LogP contribution is 2.54. The van der Waals surface area contributed by atoms with Crippen LogP contribution in [0.4, 0.5) is 0 Å². The number of pyridine rings is 1. The maximum absolute atomic E-state index is 12.2. The summed E-state index contributed by atoms with van der Waals surface area (Å²) < 4.78 is 5.19. The van der Waals surface area contributed by atoms with E-state index in [4.69, 9.17) is 9.72 Å². The smallest absolute Gasteiger partial charge is 0.356 e. The van der Waals surface area contributed by atoms with Crippen LogP contribution in [0.15, 0.2) is 18.2 Å². The number of aromatic nitrogens is 1. The van der Waals surface area contributed by atoms with Crippen LogP contribution in [0.3, 0.4) is 0 Å². The molecule has 0 radical (unpaired) electrons. The van der Waals surface area contributed by atoms with Gasteiger partial charge in [0.25, 0.3) is 0 Å². The molecule has 2 heterocycles. The van der Waals surface area contributed by atoms with E-state index in [0.29, 0.717) is 18.2 Å². The third kappa shape index (κ3) is 3.17. The van der Waals surface area contributed by atoms with Crippen LogP contribution in [0.2, 0.25) is 0 Å². The molecule has 1 saturated heterocycles. The van der Waals surface area contributed by atoms with Crippen LogP contribution in [0, 0.1) is 6.92 Å². The number of benzene rings is 1. The molecule has 0 amide bonds. The second-order valence-electron chi connectivity index (χ2n) is 6.93. The van der Waals surface area contributed by atoms with E-state index in [-0.39, 0.29) is 10.0 Å². The Balaban J connectivity index is 1.94. The molecule has 1 aromatic heterocycles. The number of hydrogen-bond acceptors (Lipinski definition) is 5. The summed E-state index contributed by atoms with van der Waals surface area (Å²) in [6, 6.07) is 6.52. The van der Waals surface area contributed by atoms with E-state index < -0.39 is 0 Å². The number of rotatable bonds is 4. The van der Waals surface area contributed by atoms with E-state index in [9.17, 15) is 4.79 Å². The van der Waals surface area contributed by atoms with Crippen LogP contribution >= 0.6 is 23.5 Å². The van der Waals surface area contributed by atoms with Gasteiger partial charge in [-0.25, -0.2) is 9.78 Å². The molecule has 1 aliphatic carbocycles. The van der Waals surface area contributed by atoms with Crippen molar-refractivity contribution >= 4 is 40.4 Å². The Morgan fingerprint density at radius 3 is 2.64 bits per heavy atom. The van der Waals surface area contributed by atoms with Crippen molar-refractivity contribution in [2.24, 2.45) is 0 Å².